The first-order valence-electron chi connectivity index (χ1n) is 6.68. The first-order valence-corrected chi connectivity index (χ1v) is 7.47. The average Bonchev–Trinajstić information content (AvgIpc) is 2.31. The van der Waals surface area contributed by atoms with Gasteiger partial charge in [0.05, 0.1) is 0 Å². The van der Waals surface area contributed by atoms with E-state index in [0.29, 0.717) is 5.41 Å². The van der Waals surface area contributed by atoms with Crippen molar-refractivity contribution in [2.45, 2.75) is 20.3 Å². The number of nitrogens with zero attached hydrogens (tertiary/aromatic N) is 1. The van der Waals surface area contributed by atoms with E-state index in [9.17, 15) is 0 Å². The zero-order chi connectivity index (χ0) is 13.2. The van der Waals surface area contributed by atoms with Gasteiger partial charge in [-0.15, -0.1) is 0 Å². The quantitative estimate of drug-likeness (QED) is 0.919. The second kappa shape index (κ2) is 5.62. The van der Waals surface area contributed by atoms with Crippen molar-refractivity contribution in [1.29, 1.82) is 0 Å². The summed E-state index contributed by atoms with van der Waals surface area (Å²) in [7, 11) is 2.05. The second-order valence-corrected chi connectivity index (χ2v) is 6.85. The van der Waals surface area contributed by atoms with Gasteiger partial charge in [-0.05, 0) is 49.5 Å². The van der Waals surface area contributed by atoms with Gasteiger partial charge in [-0.3, -0.25) is 0 Å². The first kappa shape index (κ1) is 13.9. The third-order valence-corrected chi connectivity index (χ3v) is 4.57. The Labute approximate surface area is 119 Å². The molecular weight excluding hydrogens is 288 g/mol. The van der Waals surface area contributed by atoms with Crippen molar-refractivity contribution in [3.05, 3.63) is 28.7 Å². The summed E-state index contributed by atoms with van der Waals surface area (Å²) in [5.74, 6) is 0.769. The molecule has 2 nitrogen and oxygen atoms in total. The molecule has 0 saturated carbocycles. The van der Waals surface area contributed by atoms with Crippen LogP contribution in [0.1, 0.15) is 20.3 Å². The number of rotatable bonds is 3. The molecule has 0 radical (unpaired) electrons. The highest BCUT2D eigenvalue weighted by molar-refractivity contribution is 9.10. The fraction of sp³-hybridized carbons (Fsp3) is 0.600. The highest BCUT2D eigenvalue weighted by atomic mass is 79.9. The Morgan fingerprint density at radius 3 is 2.83 bits per heavy atom. The lowest BCUT2D eigenvalue weighted by Gasteiger charge is -2.45. The van der Waals surface area contributed by atoms with Gasteiger partial charge in [0.2, 0.25) is 0 Å². The van der Waals surface area contributed by atoms with E-state index < -0.39 is 0 Å². The van der Waals surface area contributed by atoms with Gasteiger partial charge in [-0.2, -0.15) is 0 Å². The number of piperidine rings is 1. The normalized spacial score (nSPS) is 23.1. The first-order chi connectivity index (χ1) is 8.53. The average molecular weight is 311 g/mol. The summed E-state index contributed by atoms with van der Waals surface area (Å²) >= 11 is 3.56. The van der Waals surface area contributed by atoms with Gasteiger partial charge in [0.15, 0.2) is 0 Å². The van der Waals surface area contributed by atoms with Crippen molar-refractivity contribution < 1.29 is 0 Å². The molecule has 0 amide bonds. The van der Waals surface area contributed by atoms with Crippen LogP contribution in [0.3, 0.4) is 0 Å². The third kappa shape index (κ3) is 3.07. The number of anilines is 1. The molecule has 1 atom stereocenters. The van der Waals surface area contributed by atoms with Crippen molar-refractivity contribution in [3.8, 4) is 0 Å². The summed E-state index contributed by atoms with van der Waals surface area (Å²) in [4.78, 5) is 2.51. The van der Waals surface area contributed by atoms with Crippen LogP contribution >= 0.6 is 15.9 Å². The molecule has 3 heteroatoms. The van der Waals surface area contributed by atoms with Gasteiger partial charge in [-0.25, -0.2) is 0 Å². The molecule has 0 bridgehead atoms. The Morgan fingerprint density at radius 1 is 1.44 bits per heavy atom. The Morgan fingerprint density at radius 2 is 2.22 bits per heavy atom. The molecule has 100 valence electrons. The molecule has 1 saturated heterocycles. The van der Waals surface area contributed by atoms with Crippen molar-refractivity contribution >= 4 is 21.6 Å². The topological polar surface area (TPSA) is 15.3 Å². The lowest BCUT2D eigenvalue weighted by atomic mass is 9.73. The Hall–Kier alpha value is -0.540. The van der Waals surface area contributed by atoms with Crippen molar-refractivity contribution in [2.24, 2.45) is 11.3 Å². The van der Waals surface area contributed by atoms with Crippen LogP contribution in [-0.4, -0.2) is 26.7 Å². The van der Waals surface area contributed by atoms with Crippen LogP contribution < -0.4 is 10.2 Å². The summed E-state index contributed by atoms with van der Waals surface area (Å²) in [5.41, 5.74) is 1.70. The maximum absolute atomic E-state index is 3.56. The van der Waals surface area contributed by atoms with Crippen LogP contribution in [0.2, 0.25) is 0 Å². The van der Waals surface area contributed by atoms with E-state index >= 15 is 0 Å². The van der Waals surface area contributed by atoms with E-state index in [1.54, 1.807) is 0 Å². The van der Waals surface area contributed by atoms with Gasteiger partial charge in [-0.1, -0.05) is 35.8 Å². The van der Waals surface area contributed by atoms with Gasteiger partial charge in [0, 0.05) is 23.2 Å². The number of benzene rings is 1. The minimum Gasteiger partial charge on any atom is -0.371 e. The molecule has 2 rings (SSSR count). The number of nitrogens with one attached hydrogen (secondary N) is 1. The van der Waals surface area contributed by atoms with Crippen LogP contribution in [0.4, 0.5) is 5.69 Å². The van der Waals surface area contributed by atoms with Gasteiger partial charge in [0.1, 0.15) is 0 Å². The molecule has 0 aliphatic carbocycles. The summed E-state index contributed by atoms with van der Waals surface area (Å²) in [6.45, 7) is 8.19. The standard InChI is InChI=1S/C15H23BrN2/c1-15(2)11-18(8-7-12(15)10-17-3)14-6-4-5-13(16)9-14/h4-6,9,12,17H,7-8,10-11H2,1-3H3. The zero-order valence-electron chi connectivity index (χ0n) is 11.5. The molecule has 1 aromatic rings. The smallest absolute Gasteiger partial charge is 0.0377 e. The molecule has 0 spiro atoms. The molecule has 1 fully saturated rings. The molecular formula is C15H23BrN2. The van der Waals surface area contributed by atoms with Crippen molar-refractivity contribution in [3.63, 3.8) is 0 Å². The fourth-order valence-corrected chi connectivity index (χ4v) is 3.31. The van der Waals surface area contributed by atoms with Crippen LogP contribution in [-0.2, 0) is 0 Å². The monoisotopic (exact) mass is 310 g/mol. The highest BCUT2D eigenvalue weighted by Crippen LogP contribution is 2.36. The van der Waals surface area contributed by atoms with E-state index in [2.05, 4.69) is 71.3 Å². The van der Waals surface area contributed by atoms with E-state index in [4.69, 9.17) is 0 Å². The molecule has 0 aromatic heterocycles. The molecule has 1 aliphatic heterocycles. The SMILES string of the molecule is CNCC1CCN(c2cccc(Br)c2)CC1(C)C. The largest absolute Gasteiger partial charge is 0.371 e. The minimum atomic E-state index is 0.365. The van der Waals surface area contributed by atoms with E-state index in [-0.39, 0.29) is 0 Å². The number of halogens is 1. The predicted octanol–water partition coefficient (Wildman–Crippen LogP) is 3.52. The molecule has 1 aromatic carbocycles. The Kier molecular flexibility index (Phi) is 4.33. The van der Waals surface area contributed by atoms with E-state index in [0.717, 1.165) is 30.0 Å². The van der Waals surface area contributed by atoms with Crippen LogP contribution in [0.25, 0.3) is 0 Å². The van der Waals surface area contributed by atoms with Gasteiger partial charge < -0.3 is 10.2 Å². The molecule has 1 heterocycles. The highest BCUT2D eigenvalue weighted by Gasteiger charge is 2.35. The number of hydrogen-bond donors (Lipinski definition) is 1. The van der Waals surface area contributed by atoms with Crippen LogP contribution in [0.5, 0.6) is 0 Å². The van der Waals surface area contributed by atoms with E-state index in [1.807, 2.05) is 0 Å². The lowest BCUT2D eigenvalue weighted by molar-refractivity contribution is 0.174. The summed E-state index contributed by atoms with van der Waals surface area (Å²) in [6, 6.07) is 8.63. The summed E-state index contributed by atoms with van der Waals surface area (Å²) in [6.07, 6.45) is 1.26. The Bertz CT molecular complexity index is 403. The van der Waals surface area contributed by atoms with Crippen LogP contribution in [0, 0.1) is 11.3 Å². The predicted molar refractivity (Wildman–Crippen MR) is 82.2 cm³/mol. The molecule has 18 heavy (non-hydrogen) atoms. The second-order valence-electron chi connectivity index (χ2n) is 5.93. The molecule has 1 N–H and O–H groups in total. The summed E-state index contributed by atoms with van der Waals surface area (Å²) < 4.78 is 1.16. The third-order valence-electron chi connectivity index (χ3n) is 4.07. The zero-order valence-corrected chi connectivity index (χ0v) is 13.1. The van der Waals surface area contributed by atoms with Gasteiger partial charge >= 0.3 is 0 Å². The molecule has 1 unspecified atom stereocenters. The minimum absolute atomic E-state index is 0.365. The van der Waals surface area contributed by atoms with Gasteiger partial charge in [0.25, 0.3) is 0 Å². The maximum atomic E-state index is 3.56. The Balaban J connectivity index is 2.11. The summed E-state index contributed by atoms with van der Waals surface area (Å²) in [5, 5.41) is 3.33. The van der Waals surface area contributed by atoms with Crippen LogP contribution in [0.15, 0.2) is 28.7 Å². The van der Waals surface area contributed by atoms with Crippen molar-refractivity contribution in [1.82, 2.24) is 5.32 Å². The fourth-order valence-electron chi connectivity index (χ4n) is 2.92. The maximum Gasteiger partial charge on any atom is 0.0377 e. The van der Waals surface area contributed by atoms with E-state index in [1.165, 1.54) is 12.1 Å². The van der Waals surface area contributed by atoms with Crippen molar-refractivity contribution in [2.75, 3.05) is 31.6 Å². The molecule has 1 aliphatic rings. The lowest BCUT2D eigenvalue weighted by Crippen LogP contribution is -2.48. The number of hydrogen-bond acceptors (Lipinski definition) is 2.